The molecule has 1 saturated carbocycles. The fourth-order valence-corrected chi connectivity index (χ4v) is 4.43. The number of amides is 2. The summed E-state index contributed by atoms with van der Waals surface area (Å²) in [6, 6.07) is 7.05. The highest BCUT2D eigenvalue weighted by molar-refractivity contribution is 5.87. The Hall–Kier alpha value is -2.50. The number of carbonyl (C=O) groups excluding carboxylic acids is 2. The first-order valence-corrected chi connectivity index (χ1v) is 9.73. The van der Waals surface area contributed by atoms with Crippen molar-refractivity contribution in [3.63, 3.8) is 0 Å². The van der Waals surface area contributed by atoms with Crippen LogP contribution in [0.5, 0.6) is 0 Å². The summed E-state index contributed by atoms with van der Waals surface area (Å²) in [5, 5.41) is 12.3. The van der Waals surface area contributed by atoms with Crippen molar-refractivity contribution < 1.29 is 14.0 Å². The van der Waals surface area contributed by atoms with Crippen molar-refractivity contribution in [2.45, 2.75) is 50.0 Å². The maximum Gasteiger partial charge on any atom is 0.241 e. The lowest BCUT2D eigenvalue weighted by atomic mass is 10.1. The van der Waals surface area contributed by atoms with Gasteiger partial charge in [0.15, 0.2) is 0 Å². The van der Waals surface area contributed by atoms with Gasteiger partial charge in [0.05, 0.1) is 18.2 Å². The summed E-state index contributed by atoms with van der Waals surface area (Å²) in [6.45, 7) is 1.14. The van der Waals surface area contributed by atoms with E-state index in [2.05, 4.69) is 11.4 Å². The van der Waals surface area contributed by atoms with Crippen molar-refractivity contribution in [3.05, 3.63) is 35.6 Å². The molecule has 1 aliphatic carbocycles. The number of benzene rings is 1. The second-order valence-electron chi connectivity index (χ2n) is 7.87. The van der Waals surface area contributed by atoms with E-state index in [4.69, 9.17) is 11.0 Å². The molecule has 3 aliphatic rings. The first-order valence-electron chi connectivity index (χ1n) is 9.73. The molecule has 2 unspecified atom stereocenters. The maximum absolute atomic E-state index is 13.4. The molecule has 1 aromatic carbocycles. The normalized spacial score (nSPS) is 29.5. The SMILES string of the molecule is N#CC1CCCN1C(=O)C(N)CN[C@@H]1C(=O)N(Cc2cccc(F)c2)[C@@H]2C[C@@H]12. The number of nitrogens with two attached hydrogens (primary N) is 1. The van der Waals surface area contributed by atoms with Gasteiger partial charge in [-0.3, -0.25) is 9.59 Å². The number of nitrogens with zero attached hydrogens (tertiary/aromatic N) is 3. The van der Waals surface area contributed by atoms with Crippen LogP contribution in [0.2, 0.25) is 0 Å². The molecule has 0 aromatic heterocycles. The van der Waals surface area contributed by atoms with Crippen LogP contribution in [-0.2, 0) is 16.1 Å². The number of halogens is 1. The standard InChI is InChI=1S/C20H24FN5O2/c21-13-4-1-3-12(7-13)11-26-17-8-15(17)18(20(26)28)24-10-16(23)19(27)25-6-2-5-14(25)9-22/h1,3-4,7,14-18,24H,2,5-6,8,10-11,23H2/t14?,15-,16?,17-,18+/m1/s1. The van der Waals surface area contributed by atoms with Crippen LogP contribution in [0.25, 0.3) is 0 Å². The van der Waals surface area contributed by atoms with E-state index >= 15 is 0 Å². The second-order valence-corrected chi connectivity index (χ2v) is 7.87. The van der Waals surface area contributed by atoms with E-state index in [1.807, 2.05) is 6.07 Å². The minimum absolute atomic E-state index is 0.0266. The number of nitrogens with one attached hydrogen (secondary N) is 1. The zero-order valence-electron chi connectivity index (χ0n) is 15.6. The Morgan fingerprint density at radius 3 is 3.04 bits per heavy atom. The van der Waals surface area contributed by atoms with Crippen LogP contribution in [0, 0.1) is 23.1 Å². The number of fused-ring (bicyclic) bond motifs is 1. The van der Waals surface area contributed by atoms with E-state index in [1.165, 1.54) is 12.1 Å². The van der Waals surface area contributed by atoms with Crippen LogP contribution in [0.15, 0.2) is 24.3 Å². The van der Waals surface area contributed by atoms with Gasteiger partial charge in [-0.25, -0.2) is 4.39 Å². The summed E-state index contributed by atoms with van der Waals surface area (Å²) in [4.78, 5) is 28.6. The van der Waals surface area contributed by atoms with E-state index in [0.29, 0.717) is 19.5 Å². The van der Waals surface area contributed by atoms with Gasteiger partial charge < -0.3 is 20.9 Å². The number of hydrogen-bond acceptors (Lipinski definition) is 5. The predicted octanol–water partition coefficient (Wildman–Crippen LogP) is 0.356. The first-order chi connectivity index (χ1) is 13.5. The fraction of sp³-hybridized carbons (Fsp3) is 0.550. The average Bonchev–Trinajstić information content (AvgIpc) is 3.22. The highest BCUT2D eigenvalue weighted by Gasteiger charge is 2.58. The van der Waals surface area contributed by atoms with E-state index in [0.717, 1.165) is 18.4 Å². The van der Waals surface area contributed by atoms with Crippen molar-refractivity contribution >= 4 is 11.8 Å². The number of carbonyl (C=O) groups is 2. The Morgan fingerprint density at radius 2 is 2.29 bits per heavy atom. The minimum Gasteiger partial charge on any atom is -0.334 e. The molecular formula is C20H24FN5O2. The van der Waals surface area contributed by atoms with E-state index in [9.17, 15) is 14.0 Å². The highest BCUT2D eigenvalue weighted by Crippen LogP contribution is 2.46. The molecular weight excluding hydrogens is 361 g/mol. The molecule has 0 radical (unpaired) electrons. The molecule has 2 heterocycles. The van der Waals surface area contributed by atoms with Crippen molar-refractivity contribution in [1.82, 2.24) is 15.1 Å². The summed E-state index contributed by atoms with van der Waals surface area (Å²) in [5.74, 6) is -0.373. The third kappa shape index (κ3) is 3.48. The zero-order valence-corrected chi connectivity index (χ0v) is 15.6. The summed E-state index contributed by atoms with van der Waals surface area (Å²) in [6.07, 6.45) is 2.40. The monoisotopic (exact) mass is 385 g/mol. The zero-order chi connectivity index (χ0) is 19.8. The lowest BCUT2D eigenvalue weighted by molar-refractivity contribution is -0.134. The third-order valence-electron chi connectivity index (χ3n) is 5.98. The van der Waals surface area contributed by atoms with Gasteiger partial charge in [0.2, 0.25) is 11.8 Å². The lowest BCUT2D eigenvalue weighted by Crippen LogP contribution is -2.53. The van der Waals surface area contributed by atoms with Crippen LogP contribution in [0.3, 0.4) is 0 Å². The molecule has 28 heavy (non-hydrogen) atoms. The molecule has 5 atom stereocenters. The van der Waals surface area contributed by atoms with Gasteiger partial charge in [-0.2, -0.15) is 5.26 Å². The van der Waals surface area contributed by atoms with Gasteiger partial charge in [-0.05, 0) is 37.0 Å². The van der Waals surface area contributed by atoms with Crippen LogP contribution in [-0.4, -0.2) is 58.9 Å². The lowest BCUT2D eigenvalue weighted by Gasteiger charge is -2.25. The second kappa shape index (κ2) is 7.49. The number of hydrogen-bond donors (Lipinski definition) is 2. The Morgan fingerprint density at radius 1 is 1.46 bits per heavy atom. The molecule has 4 rings (SSSR count). The van der Waals surface area contributed by atoms with E-state index < -0.39 is 12.1 Å². The molecule has 2 saturated heterocycles. The Bertz CT molecular complexity index is 825. The maximum atomic E-state index is 13.4. The van der Waals surface area contributed by atoms with Crippen LogP contribution in [0.4, 0.5) is 4.39 Å². The molecule has 148 valence electrons. The molecule has 1 aromatic rings. The van der Waals surface area contributed by atoms with Crippen molar-refractivity contribution in [2.24, 2.45) is 11.7 Å². The van der Waals surface area contributed by atoms with Crippen molar-refractivity contribution in [1.29, 1.82) is 5.26 Å². The summed E-state index contributed by atoms with van der Waals surface area (Å²) >= 11 is 0. The molecule has 0 spiro atoms. The number of piperidine rings is 1. The van der Waals surface area contributed by atoms with Crippen LogP contribution < -0.4 is 11.1 Å². The van der Waals surface area contributed by atoms with Crippen molar-refractivity contribution in [2.75, 3.05) is 13.1 Å². The summed E-state index contributed by atoms with van der Waals surface area (Å²) < 4.78 is 13.4. The minimum atomic E-state index is -0.781. The van der Waals surface area contributed by atoms with E-state index in [-0.39, 0.29) is 42.2 Å². The average molecular weight is 385 g/mol. The molecule has 7 nitrogen and oxygen atoms in total. The molecule has 2 aliphatic heterocycles. The summed E-state index contributed by atoms with van der Waals surface area (Å²) in [7, 11) is 0. The van der Waals surface area contributed by atoms with Gasteiger partial charge >= 0.3 is 0 Å². The Labute approximate surface area is 163 Å². The van der Waals surface area contributed by atoms with Gasteiger partial charge in [-0.1, -0.05) is 12.1 Å². The molecule has 8 heteroatoms. The predicted molar refractivity (Wildman–Crippen MR) is 99.0 cm³/mol. The Balaban J connectivity index is 1.33. The smallest absolute Gasteiger partial charge is 0.241 e. The van der Waals surface area contributed by atoms with Gasteiger partial charge in [0.1, 0.15) is 11.9 Å². The topological polar surface area (TPSA) is 102 Å². The highest BCUT2D eigenvalue weighted by atomic mass is 19.1. The van der Waals surface area contributed by atoms with Gasteiger partial charge in [0, 0.05) is 31.6 Å². The third-order valence-corrected chi connectivity index (χ3v) is 5.98. The van der Waals surface area contributed by atoms with Gasteiger partial charge in [-0.15, -0.1) is 0 Å². The molecule has 3 N–H and O–H groups in total. The fourth-order valence-electron chi connectivity index (χ4n) is 4.43. The van der Waals surface area contributed by atoms with E-state index in [1.54, 1.807) is 15.9 Å². The summed E-state index contributed by atoms with van der Waals surface area (Å²) in [5.41, 5.74) is 6.81. The largest absolute Gasteiger partial charge is 0.334 e. The molecule has 3 fully saturated rings. The van der Waals surface area contributed by atoms with Crippen LogP contribution in [0.1, 0.15) is 24.8 Å². The number of rotatable bonds is 6. The first kappa shape index (κ1) is 18.8. The number of nitriles is 1. The van der Waals surface area contributed by atoms with Crippen LogP contribution >= 0.6 is 0 Å². The van der Waals surface area contributed by atoms with Crippen molar-refractivity contribution in [3.8, 4) is 6.07 Å². The number of likely N-dealkylation sites (tertiary alicyclic amines) is 2. The molecule has 2 amide bonds. The van der Waals surface area contributed by atoms with Gasteiger partial charge in [0.25, 0.3) is 0 Å². The molecule has 0 bridgehead atoms. The Kier molecular flexibility index (Phi) is 5.04. The quantitative estimate of drug-likeness (QED) is 0.736.